The molecule has 10 heteroatoms. The SMILES string of the molecule is Cc1ccc(C)c(NS(=O)(=O)c2ccc(OCC(=O)N3C[C@H](C(=O)NCc4ccccc4)Oc4ccccc43)cc2)c1. The van der Waals surface area contributed by atoms with Crippen molar-refractivity contribution in [3.8, 4) is 11.5 Å². The Morgan fingerprint density at radius 1 is 0.929 bits per heavy atom. The minimum absolute atomic E-state index is 0.0149. The van der Waals surface area contributed by atoms with Gasteiger partial charge in [0, 0.05) is 6.54 Å². The third-order valence-electron chi connectivity index (χ3n) is 6.81. The molecule has 5 rings (SSSR count). The summed E-state index contributed by atoms with van der Waals surface area (Å²) in [6, 6.07) is 27.9. The second kappa shape index (κ2) is 12.4. The van der Waals surface area contributed by atoms with E-state index in [1.165, 1.54) is 29.2 Å². The molecule has 1 heterocycles. The molecule has 0 aromatic heterocycles. The fraction of sp³-hybridized carbons (Fsp3) is 0.188. The van der Waals surface area contributed by atoms with Crippen molar-refractivity contribution >= 4 is 33.2 Å². The van der Waals surface area contributed by atoms with E-state index in [0.29, 0.717) is 29.4 Å². The van der Waals surface area contributed by atoms with Crippen molar-refractivity contribution in [1.82, 2.24) is 5.32 Å². The topological polar surface area (TPSA) is 114 Å². The van der Waals surface area contributed by atoms with Gasteiger partial charge >= 0.3 is 0 Å². The summed E-state index contributed by atoms with van der Waals surface area (Å²) in [6.45, 7) is 3.75. The van der Waals surface area contributed by atoms with Crippen LogP contribution in [0.15, 0.2) is 102 Å². The lowest BCUT2D eigenvalue weighted by Crippen LogP contribution is -2.51. The van der Waals surface area contributed by atoms with Crippen LogP contribution in [0.4, 0.5) is 11.4 Å². The van der Waals surface area contributed by atoms with Gasteiger partial charge in [-0.05, 0) is 73.0 Å². The number of rotatable bonds is 9. The van der Waals surface area contributed by atoms with Crippen LogP contribution in [-0.2, 0) is 26.2 Å². The highest BCUT2D eigenvalue weighted by Gasteiger charge is 2.33. The van der Waals surface area contributed by atoms with Crippen LogP contribution in [0.5, 0.6) is 11.5 Å². The molecule has 216 valence electrons. The number of aryl methyl sites for hydroxylation is 2. The molecule has 0 saturated heterocycles. The molecule has 1 aliphatic heterocycles. The summed E-state index contributed by atoms with van der Waals surface area (Å²) in [5.74, 6) is 0.0360. The van der Waals surface area contributed by atoms with Gasteiger partial charge in [0.25, 0.3) is 21.8 Å². The Kier molecular flexibility index (Phi) is 8.44. The molecule has 42 heavy (non-hydrogen) atoms. The van der Waals surface area contributed by atoms with Crippen LogP contribution in [-0.4, -0.2) is 39.5 Å². The van der Waals surface area contributed by atoms with Gasteiger partial charge in [0.05, 0.1) is 22.8 Å². The number of sulfonamides is 1. The highest BCUT2D eigenvalue weighted by atomic mass is 32.2. The Morgan fingerprint density at radius 3 is 2.40 bits per heavy atom. The first kappa shape index (κ1) is 28.7. The summed E-state index contributed by atoms with van der Waals surface area (Å²) >= 11 is 0. The highest BCUT2D eigenvalue weighted by molar-refractivity contribution is 7.92. The van der Waals surface area contributed by atoms with Crippen molar-refractivity contribution in [2.75, 3.05) is 22.8 Å². The van der Waals surface area contributed by atoms with Gasteiger partial charge in [0.1, 0.15) is 11.5 Å². The molecular formula is C32H31N3O6S. The predicted molar refractivity (Wildman–Crippen MR) is 160 cm³/mol. The van der Waals surface area contributed by atoms with E-state index in [1.54, 1.807) is 30.3 Å². The Labute approximate surface area is 245 Å². The summed E-state index contributed by atoms with van der Waals surface area (Å²) in [5.41, 5.74) is 3.75. The fourth-order valence-electron chi connectivity index (χ4n) is 4.49. The number of ether oxygens (including phenoxy) is 2. The number of carbonyl (C=O) groups excluding carboxylic acids is 2. The van der Waals surface area contributed by atoms with E-state index < -0.39 is 16.1 Å². The smallest absolute Gasteiger partial charge is 0.265 e. The monoisotopic (exact) mass is 585 g/mol. The fourth-order valence-corrected chi connectivity index (χ4v) is 5.62. The summed E-state index contributed by atoms with van der Waals surface area (Å²) in [5, 5.41) is 2.87. The lowest BCUT2D eigenvalue weighted by Gasteiger charge is -2.34. The molecule has 1 atom stereocenters. The summed E-state index contributed by atoms with van der Waals surface area (Å²) in [7, 11) is -3.82. The number of nitrogens with one attached hydrogen (secondary N) is 2. The zero-order chi connectivity index (χ0) is 29.7. The van der Waals surface area contributed by atoms with Gasteiger partial charge in [-0.25, -0.2) is 8.42 Å². The lowest BCUT2D eigenvalue weighted by atomic mass is 10.1. The van der Waals surface area contributed by atoms with Gasteiger partial charge in [-0.2, -0.15) is 0 Å². The maximum Gasteiger partial charge on any atom is 0.265 e. The maximum absolute atomic E-state index is 13.3. The molecule has 0 bridgehead atoms. The predicted octanol–water partition coefficient (Wildman–Crippen LogP) is 4.59. The third-order valence-corrected chi connectivity index (χ3v) is 8.19. The van der Waals surface area contributed by atoms with Crippen molar-refractivity contribution in [1.29, 1.82) is 0 Å². The zero-order valence-electron chi connectivity index (χ0n) is 23.2. The van der Waals surface area contributed by atoms with E-state index in [4.69, 9.17) is 9.47 Å². The molecule has 2 amide bonds. The molecule has 0 fully saturated rings. The van der Waals surface area contributed by atoms with Crippen LogP contribution < -0.4 is 24.4 Å². The number of benzene rings is 4. The Bertz CT molecular complexity index is 1690. The standard InChI is InChI=1S/C32H31N3O6S/c1-22-12-13-23(2)27(18-22)34-42(38,39)26-16-14-25(15-17-26)40-21-31(36)35-20-30(41-29-11-7-6-10-28(29)35)32(37)33-19-24-8-4-3-5-9-24/h3-18,30,34H,19-21H2,1-2H3,(H,33,37)/t30-/m1/s1. The van der Waals surface area contributed by atoms with Gasteiger partial charge in [-0.15, -0.1) is 0 Å². The molecular weight excluding hydrogens is 554 g/mol. The molecule has 9 nitrogen and oxygen atoms in total. The summed E-state index contributed by atoms with van der Waals surface area (Å²) in [6.07, 6.45) is -0.901. The normalized spacial score (nSPS) is 14.3. The number of amides is 2. The van der Waals surface area contributed by atoms with Gasteiger partial charge in [-0.1, -0.05) is 54.6 Å². The maximum atomic E-state index is 13.3. The van der Waals surface area contributed by atoms with E-state index in [0.717, 1.165) is 16.7 Å². The van der Waals surface area contributed by atoms with Gasteiger partial charge in [0.15, 0.2) is 12.7 Å². The Hall–Kier alpha value is -4.83. The number of hydrogen-bond acceptors (Lipinski definition) is 6. The van der Waals surface area contributed by atoms with E-state index >= 15 is 0 Å². The molecule has 0 saturated carbocycles. The van der Waals surface area contributed by atoms with Gasteiger partial charge < -0.3 is 19.7 Å². The largest absolute Gasteiger partial charge is 0.484 e. The van der Waals surface area contributed by atoms with E-state index in [2.05, 4.69) is 10.0 Å². The molecule has 4 aromatic rings. The average molecular weight is 586 g/mol. The van der Waals surface area contributed by atoms with Crippen LogP contribution >= 0.6 is 0 Å². The van der Waals surface area contributed by atoms with E-state index in [9.17, 15) is 18.0 Å². The quantitative estimate of drug-likeness (QED) is 0.297. The van der Waals surface area contributed by atoms with Crippen LogP contribution in [0.25, 0.3) is 0 Å². The first-order valence-corrected chi connectivity index (χ1v) is 14.9. The number of hydrogen-bond donors (Lipinski definition) is 2. The molecule has 0 spiro atoms. The van der Waals surface area contributed by atoms with Gasteiger partial charge in [-0.3, -0.25) is 14.3 Å². The van der Waals surface area contributed by atoms with Crippen LogP contribution in [0, 0.1) is 13.8 Å². The first-order chi connectivity index (χ1) is 20.2. The Morgan fingerprint density at radius 2 is 1.64 bits per heavy atom. The number of carbonyl (C=O) groups is 2. The minimum atomic E-state index is -3.82. The zero-order valence-corrected chi connectivity index (χ0v) is 24.1. The molecule has 1 aliphatic rings. The summed E-state index contributed by atoms with van der Waals surface area (Å²) in [4.78, 5) is 27.7. The van der Waals surface area contributed by atoms with E-state index in [-0.39, 0.29) is 29.9 Å². The number of para-hydroxylation sites is 2. The van der Waals surface area contributed by atoms with Crippen LogP contribution in [0.3, 0.4) is 0 Å². The van der Waals surface area contributed by atoms with Crippen LogP contribution in [0.2, 0.25) is 0 Å². The van der Waals surface area contributed by atoms with Crippen molar-refractivity contribution in [3.05, 3.63) is 114 Å². The van der Waals surface area contributed by atoms with Crippen molar-refractivity contribution < 1.29 is 27.5 Å². The molecule has 0 unspecified atom stereocenters. The van der Waals surface area contributed by atoms with Crippen molar-refractivity contribution in [2.24, 2.45) is 0 Å². The van der Waals surface area contributed by atoms with E-state index in [1.807, 2.05) is 56.3 Å². The van der Waals surface area contributed by atoms with Crippen LogP contribution in [0.1, 0.15) is 16.7 Å². The lowest BCUT2D eigenvalue weighted by molar-refractivity contribution is -0.128. The molecule has 0 radical (unpaired) electrons. The second-order valence-electron chi connectivity index (χ2n) is 9.97. The minimum Gasteiger partial charge on any atom is -0.484 e. The van der Waals surface area contributed by atoms with Crippen molar-refractivity contribution in [2.45, 2.75) is 31.4 Å². The second-order valence-corrected chi connectivity index (χ2v) is 11.6. The Balaban J connectivity index is 1.22. The molecule has 0 aliphatic carbocycles. The third kappa shape index (κ3) is 6.72. The van der Waals surface area contributed by atoms with Crippen molar-refractivity contribution in [3.63, 3.8) is 0 Å². The molecule has 2 N–H and O–H groups in total. The van der Waals surface area contributed by atoms with Gasteiger partial charge in [0.2, 0.25) is 0 Å². The molecule has 4 aromatic carbocycles. The average Bonchev–Trinajstić information content (AvgIpc) is 3.00. The first-order valence-electron chi connectivity index (χ1n) is 13.4. The summed E-state index contributed by atoms with van der Waals surface area (Å²) < 4.78 is 40.1. The number of fused-ring (bicyclic) bond motifs is 1. The number of nitrogens with zero attached hydrogens (tertiary/aromatic N) is 1. The highest BCUT2D eigenvalue weighted by Crippen LogP contribution is 2.33. The number of anilines is 2.